The van der Waals surface area contributed by atoms with Gasteiger partial charge in [0, 0.05) is 23.8 Å². The Hall–Kier alpha value is -1.64. The SMILES string of the molecule is Cc1ccc(CNC(=O)[C@]2(C)CCC[C@@]3(C)C4CC[C@@]5(C)C[C@]4(CCC32)CC5=O)cc1. The molecule has 4 aliphatic rings. The Morgan fingerprint density at radius 3 is 2.45 bits per heavy atom. The first-order valence-electron chi connectivity index (χ1n) is 12.5. The van der Waals surface area contributed by atoms with E-state index in [-0.39, 0.29) is 27.6 Å². The molecule has 0 aromatic heterocycles. The summed E-state index contributed by atoms with van der Waals surface area (Å²) in [4.78, 5) is 26.5. The third-order valence-corrected chi connectivity index (χ3v) is 10.4. The van der Waals surface area contributed by atoms with Crippen LogP contribution in [0, 0.1) is 40.4 Å². The fourth-order valence-electron chi connectivity index (χ4n) is 8.87. The second-order valence-corrected chi connectivity index (χ2v) is 12.3. The highest BCUT2D eigenvalue weighted by atomic mass is 16.2. The van der Waals surface area contributed by atoms with E-state index in [1.54, 1.807) is 0 Å². The molecule has 0 heterocycles. The molecule has 168 valence electrons. The molecule has 2 unspecified atom stereocenters. The molecule has 1 spiro atoms. The number of ketones is 1. The standard InChI is InChI=1S/C28H39NO2/c1-19-6-8-20(9-7-19)17-29-24(31)27(4)13-5-12-26(3)21(27)11-15-28-16-23(30)25(2,18-28)14-10-22(26)28/h6-9,21-22H,5,10-18H2,1-4H3,(H,29,31)/t21?,22?,25-,26+,27+,28-/m0/s1. The number of hydrogen-bond acceptors (Lipinski definition) is 2. The van der Waals surface area contributed by atoms with E-state index in [0.29, 0.717) is 24.2 Å². The lowest BCUT2D eigenvalue weighted by atomic mass is 9.40. The van der Waals surface area contributed by atoms with Gasteiger partial charge in [-0.3, -0.25) is 9.59 Å². The highest BCUT2D eigenvalue weighted by Crippen LogP contribution is 2.72. The number of Topliss-reactive ketones (excluding diaryl/α,β-unsaturated/α-hetero) is 1. The fourth-order valence-corrected chi connectivity index (χ4v) is 8.87. The minimum Gasteiger partial charge on any atom is -0.352 e. The zero-order valence-electron chi connectivity index (χ0n) is 19.9. The summed E-state index contributed by atoms with van der Waals surface area (Å²) in [6, 6.07) is 8.45. The molecule has 4 saturated carbocycles. The van der Waals surface area contributed by atoms with E-state index in [4.69, 9.17) is 0 Å². The number of benzene rings is 1. The van der Waals surface area contributed by atoms with Crippen LogP contribution in [0.2, 0.25) is 0 Å². The quantitative estimate of drug-likeness (QED) is 0.652. The summed E-state index contributed by atoms with van der Waals surface area (Å²) in [5, 5.41) is 3.30. The summed E-state index contributed by atoms with van der Waals surface area (Å²) in [7, 11) is 0. The average molecular weight is 422 g/mol. The van der Waals surface area contributed by atoms with Crippen molar-refractivity contribution in [3.05, 3.63) is 35.4 Å². The number of carbonyl (C=O) groups excluding carboxylic acids is 2. The van der Waals surface area contributed by atoms with Gasteiger partial charge in [0.1, 0.15) is 5.78 Å². The maximum Gasteiger partial charge on any atom is 0.226 e. The van der Waals surface area contributed by atoms with E-state index < -0.39 is 0 Å². The van der Waals surface area contributed by atoms with Crippen LogP contribution in [0.3, 0.4) is 0 Å². The Morgan fingerprint density at radius 2 is 1.71 bits per heavy atom. The summed E-state index contributed by atoms with van der Waals surface area (Å²) < 4.78 is 0. The summed E-state index contributed by atoms with van der Waals surface area (Å²) in [5.74, 6) is 1.78. The molecule has 4 fully saturated rings. The molecule has 31 heavy (non-hydrogen) atoms. The zero-order valence-corrected chi connectivity index (χ0v) is 19.9. The van der Waals surface area contributed by atoms with Crippen molar-refractivity contribution in [2.45, 2.75) is 92.0 Å². The summed E-state index contributed by atoms with van der Waals surface area (Å²) in [6.07, 6.45) is 9.70. The maximum absolute atomic E-state index is 13.6. The molecule has 6 atom stereocenters. The van der Waals surface area contributed by atoms with Gasteiger partial charge >= 0.3 is 0 Å². The fraction of sp³-hybridized carbons (Fsp3) is 0.714. The van der Waals surface area contributed by atoms with E-state index in [1.165, 1.54) is 24.0 Å². The number of rotatable bonds is 3. The van der Waals surface area contributed by atoms with Crippen molar-refractivity contribution in [1.82, 2.24) is 5.32 Å². The summed E-state index contributed by atoms with van der Waals surface area (Å²) >= 11 is 0. The van der Waals surface area contributed by atoms with Gasteiger partial charge < -0.3 is 5.32 Å². The molecule has 1 aromatic rings. The van der Waals surface area contributed by atoms with Gasteiger partial charge in [-0.05, 0) is 80.1 Å². The Bertz CT molecular complexity index is 906. The molecule has 1 aromatic carbocycles. The lowest BCUT2D eigenvalue weighted by Crippen LogP contribution is -2.60. The van der Waals surface area contributed by atoms with Crippen LogP contribution in [0.5, 0.6) is 0 Å². The van der Waals surface area contributed by atoms with E-state index >= 15 is 0 Å². The second-order valence-electron chi connectivity index (χ2n) is 12.3. The summed E-state index contributed by atoms with van der Waals surface area (Å²) in [5.41, 5.74) is 2.44. The number of fused-ring (bicyclic) bond motifs is 3. The molecule has 2 bridgehead atoms. The van der Waals surface area contributed by atoms with Gasteiger partial charge in [0.25, 0.3) is 0 Å². The zero-order chi connectivity index (χ0) is 22.1. The monoisotopic (exact) mass is 421 g/mol. The molecule has 4 aliphatic carbocycles. The largest absolute Gasteiger partial charge is 0.352 e. The van der Waals surface area contributed by atoms with Gasteiger partial charge in [-0.2, -0.15) is 0 Å². The van der Waals surface area contributed by atoms with Crippen LogP contribution in [-0.2, 0) is 16.1 Å². The predicted octanol–water partition coefficient (Wildman–Crippen LogP) is 5.98. The molecule has 5 rings (SSSR count). The van der Waals surface area contributed by atoms with E-state index in [1.807, 2.05) is 0 Å². The molecule has 0 radical (unpaired) electrons. The van der Waals surface area contributed by atoms with Crippen molar-refractivity contribution in [3.63, 3.8) is 0 Å². The smallest absolute Gasteiger partial charge is 0.226 e. The topological polar surface area (TPSA) is 46.2 Å². The first-order chi connectivity index (χ1) is 14.6. The molecule has 1 amide bonds. The maximum atomic E-state index is 13.6. The van der Waals surface area contributed by atoms with Crippen molar-refractivity contribution < 1.29 is 9.59 Å². The minimum absolute atomic E-state index is 0.0664. The third kappa shape index (κ3) is 3.05. The van der Waals surface area contributed by atoms with Crippen LogP contribution in [0.15, 0.2) is 24.3 Å². The number of hydrogen-bond donors (Lipinski definition) is 1. The van der Waals surface area contributed by atoms with Gasteiger partial charge in [0.15, 0.2) is 0 Å². The van der Waals surface area contributed by atoms with Gasteiger partial charge in [0.2, 0.25) is 5.91 Å². The van der Waals surface area contributed by atoms with E-state index in [0.717, 1.165) is 44.9 Å². The number of amides is 1. The second kappa shape index (κ2) is 6.93. The van der Waals surface area contributed by atoms with Crippen molar-refractivity contribution in [3.8, 4) is 0 Å². The van der Waals surface area contributed by atoms with Gasteiger partial charge in [0.05, 0.1) is 0 Å². The van der Waals surface area contributed by atoms with Crippen LogP contribution in [-0.4, -0.2) is 11.7 Å². The van der Waals surface area contributed by atoms with Crippen molar-refractivity contribution >= 4 is 11.7 Å². The van der Waals surface area contributed by atoms with Crippen LogP contribution < -0.4 is 5.32 Å². The average Bonchev–Trinajstić information content (AvgIpc) is 2.90. The van der Waals surface area contributed by atoms with Crippen molar-refractivity contribution in [2.24, 2.45) is 33.5 Å². The summed E-state index contributed by atoms with van der Waals surface area (Å²) in [6.45, 7) is 9.65. The van der Waals surface area contributed by atoms with Gasteiger partial charge in [-0.25, -0.2) is 0 Å². The molecule has 1 N–H and O–H groups in total. The molecular formula is C28H39NO2. The van der Waals surface area contributed by atoms with Gasteiger partial charge in [-0.1, -0.05) is 57.0 Å². The number of nitrogens with one attached hydrogen (secondary N) is 1. The van der Waals surface area contributed by atoms with Crippen LogP contribution in [0.4, 0.5) is 0 Å². The number of carbonyl (C=O) groups is 2. The lowest BCUT2D eigenvalue weighted by molar-refractivity contribution is -0.170. The lowest BCUT2D eigenvalue weighted by Gasteiger charge is -2.64. The Labute approximate surface area is 187 Å². The van der Waals surface area contributed by atoms with Crippen molar-refractivity contribution in [2.75, 3.05) is 0 Å². The highest BCUT2D eigenvalue weighted by molar-refractivity contribution is 5.88. The highest BCUT2D eigenvalue weighted by Gasteiger charge is 2.67. The molecule has 3 heteroatoms. The van der Waals surface area contributed by atoms with E-state index in [9.17, 15) is 9.59 Å². The predicted molar refractivity (Wildman–Crippen MR) is 123 cm³/mol. The van der Waals surface area contributed by atoms with Crippen LogP contribution in [0.25, 0.3) is 0 Å². The Morgan fingerprint density at radius 1 is 1.00 bits per heavy atom. The number of aryl methyl sites for hydroxylation is 1. The normalized spacial score (nSPS) is 43.8. The Kier molecular flexibility index (Phi) is 4.74. The van der Waals surface area contributed by atoms with Crippen molar-refractivity contribution in [1.29, 1.82) is 0 Å². The van der Waals surface area contributed by atoms with Crippen LogP contribution in [0.1, 0.15) is 89.7 Å². The van der Waals surface area contributed by atoms with Crippen LogP contribution >= 0.6 is 0 Å². The Balaban J connectivity index is 1.38. The third-order valence-electron chi connectivity index (χ3n) is 10.4. The minimum atomic E-state index is -0.303. The first-order valence-corrected chi connectivity index (χ1v) is 12.5. The van der Waals surface area contributed by atoms with E-state index in [2.05, 4.69) is 57.3 Å². The molecular weight excluding hydrogens is 382 g/mol. The molecule has 0 aliphatic heterocycles. The molecule has 0 saturated heterocycles. The molecule has 3 nitrogen and oxygen atoms in total. The first kappa shape index (κ1) is 21.2. The van der Waals surface area contributed by atoms with Gasteiger partial charge in [-0.15, -0.1) is 0 Å².